The minimum atomic E-state index is -0.438. The van der Waals surface area contributed by atoms with E-state index in [1.54, 1.807) is 16.8 Å². The molecule has 25 heavy (non-hydrogen) atoms. The maximum absolute atomic E-state index is 10.7. The zero-order valence-corrected chi connectivity index (χ0v) is 14.6. The Morgan fingerprint density at radius 2 is 2.04 bits per heavy atom. The van der Waals surface area contributed by atoms with Crippen LogP contribution < -0.4 is 5.43 Å². The highest BCUT2D eigenvalue weighted by Gasteiger charge is 2.14. The molecule has 3 rings (SSSR count). The quantitative estimate of drug-likeness (QED) is 0.427. The molecule has 3 aromatic rings. The predicted octanol–water partition coefficient (Wildman–Crippen LogP) is 3.08. The van der Waals surface area contributed by atoms with E-state index in [0.29, 0.717) is 22.2 Å². The van der Waals surface area contributed by atoms with Crippen LogP contribution in [0.3, 0.4) is 0 Å². The molecule has 10 heteroatoms. The number of aromatic nitrogens is 4. The smallest absolute Gasteiger partial charge is 0.258 e. The number of benzene rings is 1. The van der Waals surface area contributed by atoms with Gasteiger partial charge in [-0.15, -0.1) is 16.4 Å². The maximum atomic E-state index is 10.7. The van der Waals surface area contributed by atoms with Gasteiger partial charge < -0.3 is 0 Å². The zero-order chi connectivity index (χ0) is 18.0. The van der Waals surface area contributed by atoms with Gasteiger partial charge in [0.05, 0.1) is 27.7 Å². The van der Waals surface area contributed by atoms with Crippen LogP contribution in [0.2, 0.25) is 0 Å². The summed E-state index contributed by atoms with van der Waals surface area (Å²) < 4.78 is 1.62. The molecule has 0 bridgehead atoms. The van der Waals surface area contributed by atoms with Gasteiger partial charge in [-0.05, 0) is 32.9 Å². The number of thiazole rings is 1. The van der Waals surface area contributed by atoms with Crippen LogP contribution in [0.1, 0.15) is 24.0 Å². The fourth-order valence-corrected chi connectivity index (χ4v) is 2.84. The molecule has 0 unspecified atom stereocenters. The van der Waals surface area contributed by atoms with E-state index in [1.165, 1.54) is 23.5 Å². The van der Waals surface area contributed by atoms with Gasteiger partial charge in [-0.1, -0.05) is 5.21 Å². The lowest BCUT2D eigenvalue weighted by atomic mass is 10.2. The highest BCUT2D eigenvalue weighted by Crippen LogP contribution is 2.18. The molecule has 1 aromatic carbocycles. The van der Waals surface area contributed by atoms with E-state index < -0.39 is 4.92 Å². The van der Waals surface area contributed by atoms with Crippen LogP contribution in [0.4, 0.5) is 10.8 Å². The number of nitro groups is 1. The van der Waals surface area contributed by atoms with Crippen LogP contribution in [0.5, 0.6) is 0 Å². The van der Waals surface area contributed by atoms with Crippen molar-refractivity contribution in [2.75, 3.05) is 5.43 Å². The van der Waals surface area contributed by atoms with Crippen LogP contribution in [-0.2, 0) is 0 Å². The van der Waals surface area contributed by atoms with Gasteiger partial charge in [0, 0.05) is 17.5 Å². The average Bonchev–Trinajstić information content (AvgIpc) is 3.18. The van der Waals surface area contributed by atoms with Crippen LogP contribution in [0, 0.1) is 24.0 Å². The van der Waals surface area contributed by atoms with Gasteiger partial charge in [0.1, 0.15) is 5.69 Å². The number of anilines is 1. The van der Waals surface area contributed by atoms with Crippen LogP contribution in [0.15, 0.2) is 34.7 Å². The zero-order valence-electron chi connectivity index (χ0n) is 13.8. The third-order valence-corrected chi connectivity index (χ3v) is 4.35. The van der Waals surface area contributed by atoms with Crippen molar-refractivity contribution in [2.24, 2.45) is 5.10 Å². The Balaban J connectivity index is 1.83. The lowest BCUT2D eigenvalue weighted by Crippen LogP contribution is -2.04. The summed E-state index contributed by atoms with van der Waals surface area (Å²) in [5, 5.41) is 25.9. The molecule has 0 aliphatic heterocycles. The van der Waals surface area contributed by atoms with E-state index in [-0.39, 0.29) is 5.69 Å². The Morgan fingerprint density at radius 1 is 1.32 bits per heavy atom. The molecule has 0 radical (unpaired) electrons. The highest BCUT2D eigenvalue weighted by molar-refractivity contribution is 7.13. The molecule has 2 aromatic heterocycles. The number of hydrogen-bond donors (Lipinski definition) is 1. The number of hydrogen-bond acceptors (Lipinski definition) is 8. The topological polar surface area (TPSA) is 111 Å². The van der Waals surface area contributed by atoms with Crippen molar-refractivity contribution in [1.82, 2.24) is 20.0 Å². The van der Waals surface area contributed by atoms with Crippen LogP contribution >= 0.6 is 11.3 Å². The predicted molar refractivity (Wildman–Crippen MR) is 95.4 cm³/mol. The van der Waals surface area contributed by atoms with Gasteiger partial charge in [-0.25, -0.2) is 9.67 Å². The molecule has 0 aliphatic rings. The monoisotopic (exact) mass is 357 g/mol. The van der Waals surface area contributed by atoms with Crippen molar-refractivity contribution in [2.45, 2.75) is 20.8 Å². The Kier molecular flexibility index (Phi) is 4.52. The van der Waals surface area contributed by atoms with Crippen molar-refractivity contribution in [3.8, 4) is 5.69 Å². The van der Waals surface area contributed by atoms with Gasteiger partial charge in [-0.2, -0.15) is 5.10 Å². The Labute approximate surface area is 147 Å². The average molecular weight is 357 g/mol. The molecule has 0 saturated heterocycles. The molecule has 0 fully saturated rings. The minimum absolute atomic E-state index is 0.0300. The molecule has 128 valence electrons. The second-order valence-corrected chi connectivity index (χ2v) is 6.17. The summed E-state index contributed by atoms with van der Waals surface area (Å²) in [5.74, 6) is 0. The van der Waals surface area contributed by atoms with E-state index in [0.717, 1.165) is 11.4 Å². The van der Waals surface area contributed by atoms with Crippen molar-refractivity contribution < 1.29 is 4.92 Å². The number of nitrogens with zero attached hydrogens (tertiary/aromatic N) is 6. The van der Waals surface area contributed by atoms with Crippen molar-refractivity contribution >= 4 is 27.9 Å². The first-order chi connectivity index (χ1) is 12.0. The number of hydrazone groups is 1. The van der Waals surface area contributed by atoms with Gasteiger partial charge in [0.25, 0.3) is 5.69 Å². The summed E-state index contributed by atoms with van der Waals surface area (Å²) in [4.78, 5) is 14.6. The number of aryl methyl sites for hydroxylation is 1. The van der Waals surface area contributed by atoms with E-state index in [2.05, 4.69) is 25.8 Å². The van der Waals surface area contributed by atoms with E-state index in [4.69, 9.17) is 0 Å². The Bertz CT molecular complexity index is 943. The SMILES string of the molecule is C/C(=N\Nc1nc(C)cs1)c1nnn(-c2ccc([N+](=O)[O-])cc2)c1C. The number of nitro benzene ring substituents is 1. The number of nitrogens with one attached hydrogen (secondary N) is 1. The molecule has 0 aliphatic carbocycles. The fraction of sp³-hybridized carbons (Fsp3) is 0.200. The first-order valence-corrected chi connectivity index (χ1v) is 8.23. The molecule has 2 heterocycles. The molecule has 9 nitrogen and oxygen atoms in total. The summed E-state index contributed by atoms with van der Waals surface area (Å²) in [6, 6.07) is 6.13. The Morgan fingerprint density at radius 3 is 2.64 bits per heavy atom. The van der Waals surface area contributed by atoms with E-state index >= 15 is 0 Å². The third-order valence-electron chi connectivity index (χ3n) is 3.48. The van der Waals surface area contributed by atoms with Crippen molar-refractivity contribution in [1.29, 1.82) is 0 Å². The summed E-state index contributed by atoms with van der Waals surface area (Å²) >= 11 is 1.47. The van der Waals surface area contributed by atoms with Gasteiger partial charge in [0.2, 0.25) is 5.13 Å². The normalized spacial score (nSPS) is 11.6. The van der Waals surface area contributed by atoms with Crippen LogP contribution in [0.25, 0.3) is 5.69 Å². The van der Waals surface area contributed by atoms with Crippen molar-refractivity contribution in [3.05, 3.63) is 56.8 Å². The second-order valence-electron chi connectivity index (χ2n) is 5.31. The second kappa shape index (κ2) is 6.77. The number of rotatable bonds is 5. The molecular formula is C15H15N7O2S. The largest absolute Gasteiger partial charge is 0.269 e. The highest BCUT2D eigenvalue weighted by atomic mass is 32.1. The standard InChI is InChI=1S/C15H15N7O2S/c1-9-8-25-15(16-9)19-17-10(2)14-11(3)21(20-18-14)12-4-6-13(7-5-12)22(23)24/h4-8H,1-3H3,(H,16,19)/b17-10+. The molecule has 0 atom stereocenters. The summed E-state index contributed by atoms with van der Waals surface area (Å²) in [7, 11) is 0. The first-order valence-electron chi connectivity index (χ1n) is 7.35. The Hall–Kier alpha value is -3.14. The maximum Gasteiger partial charge on any atom is 0.269 e. The molecule has 0 saturated carbocycles. The third kappa shape index (κ3) is 3.53. The van der Waals surface area contributed by atoms with Gasteiger partial charge >= 0.3 is 0 Å². The minimum Gasteiger partial charge on any atom is -0.258 e. The summed E-state index contributed by atoms with van der Waals surface area (Å²) in [6.45, 7) is 5.60. The fourth-order valence-electron chi connectivity index (χ4n) is 2.21. The lowest BCUT2D eigenvalue weighted by molar-refractivity contribution is -0.384. The van der Waals surface area contributed by atoms with Gasteiger partial charge in [-0.3, -0.25) is 15.5 Å². The summed E-state index contributed by atoms with van der Waals surface area (Å²) in [5.41, 5.74) is 6.65. The summed E-state index contributed by atoms with van der Waals surface area (Å²) in [6.07, 6.45) is 0. The van der Waals surface area contributed by atoms with E-state index in [1.807, 2.05) is 26.2 Å². The van der Waals surface area contributed by atoms with Crippen LogP contribution in [-0.4, -0.2) is 30.6 Å². The molecule has 1 N–H and O–H groups in total. The number of non-ortho nitro benzene ring substituents is 1. The van der Waals surface area contributed by atoms with Crippen molar-refractivity contribution in [3.63, 3.8) is 0 Å². The van der Waals surface area contributed by atoms with Gasteiger partial charge in [0.15, 0.2) is 0 Å². The molecular weight excluding hydrogens is 342 g/mol. The molecule has 0 spiro atoms. The lowest BCUT2D eigenvalue weighted by Gasteiger charge is -2.03. The van der Waals surface area contributed by atoms with E-state index in [9.17, 15) is 10.1 Å². The first kappa shape index (κ1) is 16.7. The molecule has 0 amide bonds.